The molecule has 0 aromatic carbocycles. The highest BCUT2D eigenvalue weighted by atomic mass is 19.4. The summed E-state index contributed by atoms with van der Waals surface area (Å²) in [5.74, 6) is 0. The van der Waals surface area contributed by atoms with Gasteiger partial charge >= 0.3 is 12.3 Å². The Morgan fingerprint density at radius 2 is 1.82 bits per heavy atom. The monoisotopic (exact) mass is 477 g/mol. The fraction of sp³-hybridized carbons (Fsp3) is 0.682. The van der Waals surface area contributed by atoms with Crippen LogP contribution in [0.1, 0.15) is 66.3 Å². The Bertz CT molecular complexity index is 807. The van der Waals surface area contributed by atoms with E-state index in [4.69, 9.17) is 10.1 Å². The van der Waals surface area contributed by atoms with Crippen LogP contribution in [0, 0.1) is 5.41 Å². The molecule has 0 fully saturated rings. The highest BCUT2D eigenvalue weighted by Crippen LogP contribution is 2.29. The fourth-order valence-electron chi connectivity index (χ4n) is 2.45. The summed E-state index contributed by atoms with van der Waals surface area (Å²) in [7, 11) is 3.49. The molecule has 8 nitrogen and oxygen atoms in total. The van der Waals surface area contributed by atoms with Gasteiger partial charge in [0.25, 0.3) is 0 Å². The van der Waals surface area contributed by atoms with Gasteiger partial charge in [-0.2, -0.15) is 18.3 Å². The van der Waals surface area contributed by atoms with Crippen LogP contribution in [-0.4, -0.2) is 53.6 Å². The number of nitrogens with zero attached hydrogens (tertiary/aromatic N) is 2. The summed E-state index contributed by atoms with van der Waals surface area (Å²) in [5, 5.41) is 17.2. The maximum Gasteiger partial charge on any atom is 0.435 e. The predicted molar refractivity (Wildman–Crippen MR) is 122 cm³/mol. The smallest absolute Gasteiger partial charge is 0.435 e. The molecular weight excluding hydrogens is 439 g/mol. The van der Waals surface area contributed by atoms with Crippen LogP contribution in [0.15, 0.2) is 17.7 Å². The van der Waals surface area contributed by atoms with E-state index in [1.54, 1.807) is 48.7 Å². The van der Waals surface area contributed by atoms with Gasteiger partial charge in [-0.25, -0.2) is 4.79 Å². The number of nitrogens with one attached hydrogen (secondary N) is 3. The number of aromatic nitrogens is 2. The normalized spacial score (nSPS) is 12.7. The lowest BCUT2D eigenvalue weighted by Crippen LogP contribution is -2.48. The van der Waals surface area contributed by atoms with E-state index in [9.17, 15) is 18.0 Å². The summed E-state index contributed by atoms with van der Waals surface area (Å²) in [6.07, 6.45) is -3.12. The molecule has 1 aromatic heterocycles. The fourth-order valence-corrected chi connectivity index (χ4v) is 2.45. The number of carbonyl (C=O) groups excluding carboxylic acids is 1. The molecular formula is C22H38F3N5O3. The van der Waals surface area contributed by atoms with E-state index < -0.39 is 29.1 Å². The second-order valence-corrected chi connectivity index (χ2v) is 9.13. The van der Waals surface area contributed by atoms with Crippen molar-refractivity contribution in [3.05, 3.63) is 29.1 Å². The summed E-state index contributed by atoms with van der Waals surface area (Å²) in [6.45, 7) is 12.7. The van der Waals surface area contributed by atoms with Crippen molar-refractivity contribution in [2.45, 2.75) is 78.7 Å². The third kappa shape index (κ3) is 12.4. The molecule has 0 spiro atoms. The van der Waals surface area contributed by atoms with Crippen LogP contribution in [0.4, 0.5) is 18.0 Å². The van der Waals surface area contributed by atoms with E-state index in [1.165, 1.54) is 6.08 Å². The predicted octanol–water partition coefficient (Wildman–Crippen LogP) is 4.74. The molecule has 0 radical (unpaired) electrons. The Morgan fingerprint density at radius 3 is 2.21 bits per heavy atom. The zero-order chi connectivity index (χ0) is 26.0. The largest absolute Gasteiger partial charge is 0.444 e. The zero-order valence-corrected chi connectivity index (χ0v) is 21.0. The third-order valence-electron chi connectivity index (χ3n) is 3.97. The van der Waals surface area contributed by atoms with Crippen molar-refractivity contribution in [3.8, 4) is 0 Å². The van der Waals surface area contributed by atoms with E-state index in [-0.39, 0.29) is 18.0 Å². The molecule has 1 aromatic rings. The van der Waals surface area contributed by atoms with Crippen LogP contribution < -0.4 is 10.6 Å². The quantitative estimate of drug-likeness (QED) is 0.371. The molecule has 0 unspecified atom stereocenters. The molecule has 0 bridgehead atoms. The maximum atomic E-state index is 13.2. The van der Waals surface area contributed by atoms with Crippen molar-refractivity contribution >= 4 is 11.8 Å². The van der Waals surface area contributed by atoms with E-state index in [0.29, 0.717) is 13.2 Å². The van der Waals surface area contributed by atoms with Gasteiger partial charge in [0.15, 0.2) is 5.69 Å². The number of allylic oxidation sites excluding steroid dienone is 2. The van der Waals surface area contributed by atoms with Crippen LogP contribution in [0.25, 0.3) is 0 Å². The standard InChI is InChI=1S/C19H29F3N4O2.C3H9NO/c1-8-12(2)9-13(23)14-10-15(19(20,21)22)25-26(14)11-18(6,7)24-16(27)28-17(3,4)5;1-4-3-5-2/h9-10,23H,8,11H2,1-7H3,(H,24,27);4H,3H2,1-2H3. The first-order chi connectivity index (χ1) is 15.0. The van der Waals surface area contributed by atoms with Crippen LogP contribution >= 0.6 is 0 Å². The number of hydrogen-bond donors (Lipinski definition) is 3. The molecule has 11 heteroatoms. The molecule has 0 aliphatic heterocycles. The first-order valence-corrected chi connectivity index (χ1v) is 10.5. The van der Waals surface area contributed by atoms with Crippen LogP contribution in [0.5, 0.6) is 0 Å². The zero-order valence-electron chi connectivity index (χ0n) is 21.0. The number of alkyl carbamates (subject to hydrolysis) is 1. The molecule has 1 amide bonds. The summed E-state index contributed by atoms with van der Waals surface area (Å²) < 4.78 is 50.3. The van der Waals surface area contributed by atoms with Crippen molar-refractivity contribution in [3.63, 3.8) is 0 Å². The third-order valence-corrected chi connectivity index (χ3v) is 3.97. The number of rotatable bonds is 8. The van der Waals surface area contributed by atoms with Gasteiger partial charge in [0, 0.05) is 7.11 Å². The Kier molecular flexibility index (Phi) is 11.8. The molecule has 1 heterocycles. The molecule has 33 heavy (non-hydrogen) atoms. The minimum atomic E-state index is -4.63. The lowest BCUT2D eigenvalue weighted by molar-refractivity contribution is -0.141. The second-order valence-electron chi connectivity index (χ2n) is 9.13. The number of alkyl halides is 3. The van der Waals surface area contributed by atoms with Crippen LogP contribution in [-0.2, 0) is 22.2 Å². The maximum absolute atomic E-state index is 13.2. The minimum absolute atomic E-state index is 0.0270. The highest BCUT2D eigenvalue weighted by molar-refractivity contribution is 6.05. The summed E-state index contributed by atoms with van der Waals surface area (Å²) in [5.41, 5.74) is -1.93. The first-order valence-electron chi connectivity index (χ1n) is 10.5. The lowest BCUT2D eigenvalue weighted by Gasteiger charge is -2.29. The Labute approximate surface area is 194 Å². The number of carbonyl (C=O) groups is 1. The molecule has 3 N–H and O–H groups in total. The van der Waals surface area contributed by atoms with Gasteiger partial charge in [0.05, 0.1) is 30.2 Å². The van der Waals surface area contributed by atoms with Crippen molar-refractivity contribution in [1.29, 1.82) is 5.41 Å². The van der Waals surface area contributed by atoms with Gasteiger partial charge in [-0.15, -0.1) is 0 Å². The molecule has 0 saturated carbocycles. The van der Waals surface area contributed by atoms with Crippen molar-refractivity contribution < 1.29 is 27.4 Å². The first kappa shape index (κ1) is 30.6. The Morgan fingerprint density at radius 1 is 1.24 bits per heavy atom. The highest BCUT2D eigenvalue weighted by Gasteiger charge is 2.36. The molecule has 1 rings (SSSR count). The number of halogens is 3. The van der Waals surface area contributed by atoms with E-state index >= 15 is 0 Å². The number of hydrogen-bond acceptors (Lipinski definition) is 6. The molecule has 0 saturated heterocycles. The summed E-state index contributed by atoms with van der Waals surface area (Å²) >= 11 is 0. The lowest BCUT2D eigenvalue weighted by atomic mass is 10.1. The molecule has 0 aliphatic carbocycles. The topological polar surface area (TPSA) is 101 Å². The van der Waals surface area contributed by atoms with Gasteiger partial charge in [-0.1, -0.05) is 12.5 Å². The van der Waals surface area contributed by atoms with Gasteiger partial charge in [0.2, 0.25) is 0 Å². The molecule has 0 atom stereocenters. The van der Waals surface area contributed by atoms with Crippen LogP contribution in [0.3, 0.4) is 0 Å². The average molecular weight is 478 g/mol. The number of methoxy groups -OCH3 is 1. The summed E-state index contributed by atoms with van der Waals surface area (Å²) in [4.78, 5) is 12.0. The average Bonchev–Trinajstić information content (AvgIpc) is 3.04. The van der Waals surface area contributed by atoms with Crippen molar-refractivity contribution in [2.75, 3.05) is 20.9 Å². The second kappa shape index (κ2) is 12.7. The van der Waals surface area contributed by atoms with E-state index in [0.717, 1.165) is 16.3 Å². The SMILES string of the molecule is CCC(C)=CC(=N)c1cc(C(F)(F)F)nn1CC(C)(C)NC(=O)OC(C)(C)C.CNCOC. The van der Waals surface area contributed by atoms with E-state index in [2.05, 4.69) is 20.5 Å². The molecule has 0 aliphatic rings. The van der Waals surface area contributed by atoms with Crippen molar-refractivity contribution in [2.24, 2.45) is 0 Å². The van der Waals surface area contributed by atoms with Gasteiger partial charge in [-0.05, 0) is 67.2 Å². The Hall–Kier alpha value is -2.40. The van der Waals surface area contributed by atoms with Gasteiger partial charge in [-0.3, -0.25) is 15.4 Å². The minimum Gasteiger partial charge on any atom is -0.444 e. The number of ether oxygens (including phenoxy) is 2. The van der Waals surface area contributed by atoms with Gasteiger partial charge < -0.3 is 14.8 Å². The van der Waals surface area contributed by atoms with Crippen LogP contribution in [0.2, 0.25) is 0 Å². The summed E-state index contributed by atoms with van der Waals surface area (Å²) in [6, 6.07) is 0.853. The Balaban J connectivity index is 0.00000184. The van der Waals surface area contributed by atoms with Gasteiger partial charge in [0.1, 0.15) is 5.60 Å². The van der Waals surface area contributed by atoms with Crippen molar-refractivity contribution in [1.82, 2.24) is 20.4 Å². The molecule has 190 valence electrons. The van der Waals surface area contributed by atoms with E-state index in [1.807, 2.05) is 14.0 Å². The number of amides is 1.